The van der Waals surface area contributed by atoms with Crippen LogP contribution in [0.4, 0.5) is 0 Å². The Morgan fingerprint density at radius 2 is 1.88 bits per heavy atom. The molecule has 0 unspecified atom stereocenters. The maximum absolute atomic E-state index is 5.14. The lowest BCUT2D eigenvalue weighted by molar-refractivity contribution is 0.415. The molecule has 1 aliphatic heterocycles. The summed E-state index contributed by atoms with van der Waals surface area (Å²) in [7, 11) is 1.68. The van der Waals surface area contributed by atoms with Gasteiger partial charge in [0.25, 0.3) is 0 Å². The first-order chi connectivity index (χ1) is 7.70. The molecular weight excluding hydrogens is 198 g/mol. The van der Waals surface area contributed by atoms with E-state index in [0.29, 0.717) is 5.92 Å². The smallest absolute Gasteiger partial charge is 0.118 e. The fraction of sp³-hybridized carbons (Fsp3) is 0.357. The van der Waals surface area contributed by atoms with Crippen LogP contribution in [0, 0.1) is 5.92 Å². The van der Waals surface area contributed by atoms with Gasteiger partial charge >= 0.3 is 0 Å². The highest BCUT2D eigenvalue weighted by molar-refractivity contribution is 6.10. The van der Waals surface area contributed by atoms with Gasteiger partial charge in [-0.15, -0.1) is 0 Å². The SMILES string of the molecule is COc1ccc(C2=NCC(C(C)C)=C2)cc1. The Morgan fingerprint density at radius 1 is 1.19 bits per heavy atom. The van der Waals surface area contributed by atoms with E-state index in [0.717, 1.165) is 23.6 Å². The highest BCUT2D eigenvalue weighted by Gasteiger charge is 2.12. The molecular formula is C14H17NO. The lowest BCUT2D eigenvalue weighted by Crippen LogP contribution is -1.95. The van der Waals surface area contributed by atoms with Crippen LogP contribution in [0.3, 0.4) is 0 Å². The summed E-state index contributed by atoms with van der Waals surface area (Å²) in [5, 5.41) is 0. The minimum Gasteiger partial charge on any atom is -0.497 e. The number of hydrogen-bond donors (Lipinski definition) is 0. The standard InChI is InChI=1S/C14H17NO/c1-10(2)12-8-14(15-9-12)11-4-6-13(16-3)7-5-11/h4-8,10H,9H2,1-3H3. The molecule has 0 fully saturated rings. The number of benzene rings is 1. The summed E-state index contributed by atoms with van der Waals surface area (Å²) in [6, 6.07) is 8.05. The molecule has 1 aromatic carbocycles. The molecule has 0 bridgehead atoms. The zero-order chi connectivity index (χ0) is 11.5. The minimum absolute atomic E-state index is 0.583. The molecule has 0 spiro atoms. The molecule has 0 amide bonds. The fourth-order valence-corrected chi connectivity index (χ4v) is 1.73. The van der Waals surface area contributed by atoms with E-state index < -0.39 is 0 Å². The average molecular weight is 215 g/mol. The number of nitrogens with zero attached hydrogens (tertiary/aromatic N) is 1. The van der Waals surface area contributed by atoms with Crippen molar-refractivity contribution < 1.29 is 4.74 Å². The molecule has 2 rings (SSSR count). The van der Waals surface area contributed by atoms with Crippen LogP contribution in [-0.4, -0.2) is 19.4 Å². The second-order valence-corrected chi connectivity index (χ2v) is 4.30. The quantitative estimate of drug-likeness (QED) is 0.759. The zero-order valence-corrected chi connectivity index (χ0v) is 10.0. The van der Waals surface area contributed by atoms with Crippen molar-refractivity contribution in [2.24, 2.45) is 10.9 Å². The van der Waals surface area contributed by atoms with E-state index in [4.69, 9.17) is 4.74 Å². The number of methoxy groups -OCH3 is 1. The van der Waals surface area contributed by atoms with Gasteiger partial charge in [-0.05, 0) is 47.4 Å². The molecule has 0 saturated carbocycles. The first-order valence-corrected chi connectivity index (χ1v) is 5.60. The first-order valence-electron chi connectivity index (χ1n) is 5.60. The van der Waals surface area contributed by atoms with Crippen molar-refractivity contribution in [1.29, 1.82) is 0 Å². The molecule has 1 aromatic rings. The summed E-state index contributed by atoms with van der Waals surface area (Å²) in [5.41, 5.74) is 3.66. The minimum atomic E-state index is 0.583. The Hall–Kier alpha value is -1.57. The van der Waals surface area contributed by atoms with E-state index in [1.54, 1.807) is 7.11 Å². The molecule has 1 heterocycles. The van der Waals surface area contributed by atoms with Crippen LogP contribution in [0.1, 0.15) is 19.4 Å². The summed E-state index contributed by atoms with van der Waals surface area (Å²) in [6.07, 6.45) is 2.20. The van der Waals surface area contributed by atoms with Crippen LogP contribution < -0.4 is 4.74 Å². The molecule has 0 aromatic heterocycles. The summed E-state index contributed by atoms with van der Waals surface area (Å²) in [6.45, 7) is 5.26. The average Bonchev–Trinajstić information content (AvgIpc) is 2.78. The molecule has 2 nitrogen and oxygen atoms in total. The Morgan fingerprint density at radius 3 is 2.38 bits per heavy atom. The van der Waals surface area contributed by atoms with Crippen molar-refractivity contribution in [3.8, 4) is 5.75 Å². The molecule has 0 atom stereocenters. The fourth-order valence-electron chi connectivity index (χ4n) is 1.73. The molecule has 0 aliphatic carbocycles. The zero-order valence-electron chi connectivity index (χ0n) is 10.0. The van der Waals surface area contributed by atoms with Gasteiger partial charge in [-0.3, -0.25) is 4.99 Å². The molecule has 0 saturated heterocycles. The number of aliphatic imine (C=N–C) groups is 1. The number of allylic oxidation sites excluding steroid dienone is 1. The van der Waals surface area contributed by atoms with E-state index in [9.17, 15) is 0 Å². The predicted molar refractivity (Wildman–Crippen MR) is 67.3 cm³/mol. The van der Waals surface area contributed by atoms with E-state index in [1.807, 2.05) is 12.1 Å². The summed E-state index contributed by atoms with van der Waals surface area (Å²) in [4.78, 5) is 4.55. The van der Waals surface area contributed by atoms with Crippen molar-refractivity contribution in [3.63, 3.8) is 0 Å². The molecule has 84 valence electrons. The van der Waals surface area contributed by atoms with Crippen LogP contribution in [0.2, 0.25) is 0 Å². The third kappa shape index (κ3) is 2.16. The third-order valence-corrected chi connectivity index (χ3v) is 2.88. The number of ether oxygens (including phenoxy) is 1. The first kappa shape index (κ1) is 10.9. The van der Waals surface area contributed by atoms with Crippen LogP contribution in [0.15, 0.2) is 40.9 Å². The summed E-state index contributed by atoms with van der Waals surface area (Å²) in [5.74, 6) is 1.47. The van der Waals surface area contributed by atoms with Gasteiger partial charge in [0, 0.05) is 0 Å². The molecule has 1 aliphatic rings. The van der Waals surface area contributed by atoms with Crippen LogP contribution in [0.25, 0.3) is 0 Å². The maximum Gasteiger partial charge on any atom is 0.118 e. The Bertz CT molecular complexity index is 427. The lowest BCUT2D eigenvalue weighted by Gasteiger charge is -2.03. The van der Waals surface area contributed by atoms with Crippen molar-refractivity contribution in [1.82, 2.24) is 0 Å². The highest BCUT2D eigenvalue weighted by atomic mass is 16.5. The van der Waals surface area contributed by atoms with Gasteiger partial charge < -0.3 is 4.74 Å². The number of hydrogen-bond acceptors (Lipinski definition) is 2. The molecule has 2 heteroatoms. The Labute approximate surface area is 96.7 Å². The van der Waals surface area contributed by atoms with Crippen molar-refractivity contribution in [2.45, 2.75) is 13.8 Å². The maximum atomic E-state index is 5.14. The van der Waals surface area contributed by atoms with Gasteiger partial charge in [-0.2, -0.15) is 0 Å². The van der Waals surface area contributed by atoms with Crippen LogP contribution >= 0.6 is 0 Å². The summed E-state index contributed by atoms with van der Waals surface area (Å²) < 4.78 is 5.14. The van der Waals surface area contributed by atoms with Gasteiger partial charge in [0.2, 0.25) is 0 Å². The highest BCUT2D eigenvalue weighted by Crippen LogP contribution is 2.20. The number of rotatable bonds is 3. The third-order valence-electron chi connectivity index (χ3n) is 2.88. The van der Waals surface area contributed by atoms with Gasteiger partial charge in [0.1, 0.15) is 5.75 Å². The van der Waals surface area contributed by atoms with Crippen molar-refractivity contribution >= 4 is 5.71 Å². The second kappa shape index (κ2) is 4.52. The van der Waals surface area contributed by atoms with Gasteiger partial charge in [0.05, 0.1) is 19.4 Å². The van der Waals surface area contributed by atoms with E-state index in [1.165, 1.54) is 5.57 Å². The van der Waals surface area contributed by atoms with E-state index in [-0.39, 0.29) is 0 Å². The van der Waals surface area contributed by atoms with E-state index in [2.05, 4.69) is 37.0 Å². The summed E-state index contributed by atoms with van der Waals surface area (Å²) >= 11 is 0. The van der Waals surface area contributed by atoms with Crippen LogP contribution in [0.5, 0.6) is 5.75 Å². The molecule has 0 radical (unpaired) electrons. The van der Waals surface area contributed by atoms with Gasteiger partial charge in [0.15, 0.2) is 0 Å². The largest absolute Gasteiger partial charge is 0.497 e. The van der Waals surface area contributed by atoms with Crippen molar-refractivity contribution in [2.75, 3.05) is 13.7 Å². The Kier molecular flexibility index (Phi) is 3.09. The Balaban J connectivity index is 2.20. The lowest BCUT2D eigenvalue weighted by atomic mass is 10.0. The molecule has 16 heavy (non-hydrogen) atoms. The predicted octanol–water partition coefficient (Wildman–Crippen LogP) is 3.08. The second-order valence-electron chi connectivity index (χ2n) is 4.30. The van der Waals surface area contributed by atoms with Crippen molar-refractivity contribution in [3.05, 3.63) is 41.5 Å². The van der Waals surface area contributed by atoms with Gasteiger partial charge in [-0.25, -0.2) is 0 Å². The van der Waals surface area contributed by atoms with Crippen LogP contribution in [-0.2, 0) is 0 Å². The molecule has 0 N–H and O–H groups in total. The van der Waals surface area contributed by atoms with E-state index >= 15 is 0 Å². The van der Waals surface area contributed by atoms with Gasteiger partial charge in [-0.1, -0.05) is 13.8 Å². The normalized spacial score (nSPS) is 15.0. The topological polar surface area (TPSA) is 21.6 Å². The monoisotopic (exact) mass is 215 g/mol.